The van der Waals surface area contributed by atoms with Gasteiger partial charge < -0.3 is 15.1 Å². The number of nitrogens with zero attached hydrogens (tertiary/aromatic N) is 1. The van der Waals surface area contributed by atoms with Gasteiger partial charge >= 0.3 is 0 Å². The predicted octanol–water partition coefficient (Wildman–Crippen LogP) is 3.05. The van der Waals surface area contributed by atoms with E-state index in [9.17, 15) is 15.0 Å². The van der Waals surface area contributed by atoms with Gasteiger partial charge in [0, 0.05) is 6.54 Å². The van der Waals surface area contributed by atoms with Crippen LogP contribution in [0.4, 0.5) is 0 Å². The van der Waals surface area contributed by atoms with Gasteiger partial charge in [-0.25, -0.2) is 0 Å². The third-order valence-electron chi connectivity index (χ3n) is 4.64. The van der Waals surface area contributed by atoms with Crippen molar-refractivity contribution in [3.8, 4) is 5.75 Å². The fourth-order valence-corrected chi connectivity index (χ4v) is 3.41. The molecule has 4 heteroatoms. The number of carbonyl (C=O) groups excluding carboxylic acids is 1. The molecule has 0 saturated carbocycles. The van der Waals surface area contributed by atoms with Crippen molar-refractivity contribution < 1.29 is 15.0 Å². The number of phenols is 1. The quantitative estimate of drug-likeness (QED) is 0.908. The minimum absolute atomic E-state index is 0.000260. The first-order valence-corrected chi connectivity index (χ1v) is 8.45. The van der Waals surface area contributed by atoms with Crippen LogP contribution >= 0.6 is 0 Å². The lowest BCUT2D eigenvalue weighted by atomic mass is 9.92. The Morgan fingerprint density at radius 1 is 1.12 bits per heavy atom. The number of aliphatic hydroxyl groups is 1. The molecule has 1 aliphatic rings. The second kappa shape index (κ2) is 7.49. The van der Waals surface area contributed by atoms with E-state index >= 15 is 0 Å². The van der Waals surface area contributed by atoms with E-state index in [1.807, 2.05) is 41.3 Å². The number of hydrogen-bond acceptors (Lipinski definition) is 3. The largest absolute Gasteiger partial charge is 0.508 e. The molecule has 1 heterocycles. The second-order valence-corrected chi connectivity index (χ2v) is 6.35. The van der Waals surface area contributed by atoms with Crippen molar-refractivity contribution in [3.63, 3.8) is 0 Å². The number of rotatable bonds is 4. The molecule has 3 rings (SSSR count). The Bertz CT molecular complexity index is 686. The zero-order chi connectivity index (χ0) is 16.9. The highest BCUT2D eigenvalue weighted by Gasteiger charge is 2.32. The minimum atomic E-state index is -0.667. The van der Waals surface area contributed by atoms with Gasteiger partial charge in [0.1, 0.15) is 5.75 Å². The second-order valence-electron chi connectivity index (χ2n) is 6.35. The third-order valence-corrected chi connectivity index (χ3v) is 4.64. The molecule has 2 atom stereocenters. The Kier molecular flexibility index (Phi) is 5.16. The Balaban J connectivity index is 1.75. The van der Waals surface area contributed by atoms with Crippen LogP contribution in [0.15, 0.2) is 54.6 Å². The molecular weight excluding hydrogens is 302 g/mol. The van der Waals surface area contributed by atoms with Crippen molar-refractivity contribution >= 4 is 5.91 Å². The number of carbonyl (C=O) groups is 1. The van der Waals surface area contributed by atoms with Gasteiger partial charge in [-0.05, 0) is 42.5 Å². The normalized spacial score (nSPS) is 19.0. The maximum absolute atomic E-state index is 12.8. The number of amides is 1. The molecule has 0 bridgehead atoms. The number of hydrogen-bond donors (Lipinski definition) is 2. The highest BCUT2D eigenvalue weighted by Crippen LogP contribution is 2.29. The van der Waals surface area contributed by atoms with Gasteiger partial charge in [-0.3, -0.25) is 4.79 Å². The first-order valence-electron chi connectivity index (χ1n) is 8.45. The lowest BCUT2D eigenvalue weighted by molar-refractivity contribution is -0.137. The summed E-state index contributed by atoms with van der Waals surface area (Å²) < 4.78 is 0. The molecule has 4 nitrogen and oxygen atoms in total. The molecule has 0 aromatic heterocycles. The van der Waals surface area contributed by atoms with E-state index in [-0.39, 0.29) is 24.1 Å². The lowest BCUT2D eigenvalue weighted by Crippen LogP contribution is -2.47. The monoisotopic (exact) mass is 325 g/mol. The number of benzene rings is 2. The van der Waals surface area contributed by atoms with Gasteiger partial charge in [0.2, 0.25) is 5.91 Å². The van der Waals surface area contributed by atoms with Crippen LogP contribution in [-0.2, 0) is 11.2 Å². The Labute approximate surface area is 142 Å². The summed E-state index contributed by atoms with van der Waals surface area (Å²) in [5.74, 6) is 0.167. The summed E-state index contributed by atoms with van der Waals surface area (Å²) >= 11 is 0. The van der Waals surface area contributed by atoms with Crippen LogP contribution in [0.3, 0.4) is 0 Å². The van der Waals surface area contributed by atoms with Crippen LogP contribution in [0.5, 0.6) is 5.75 Å². The summed E-state index contributed by atoms with van der Waals surface area (Å²) in [5, 5.41) is 20.3. The van der Waals surface area contributed by atoms with Gasteiger partial charge in [-0.15, -0.1) is 0 Å². The maximum atomic E-state index is 12.8. The highest BCUT2D eigenvalue weighted by atomic mass is 16.3. The summed E-state index contributed by atoms with van der Waals surface area (Å²) in [6.45, 7) is 0.673. The molecule has 0 radical (unpaired) electrons. The fourth-order valence-electron chi connectivity index (χ4n) is 3.41. The SMILES string of the molecule is O=C(Cc1cccc(O)c1)N1CCCCC1C(O)c1ccccc1. The smallest absolute Gasteiger partial charge is 0.227 e. The number of aliphatic hydroxyl groups excluding tert-OH is 1. The molecule has 126 valence electrons. The molecule has 1 aliphatic heterocycles. The van der Waals surface area contributed by atoms with Crippen LogP contribution in [-0.4, -0.2) is 33.6 Å². The highest BCUT2D eigenvalue weighted by molar-refractivity contribution is 5.79. The van der Waals surface area contributed by atoms with Crippen molar-refractivity contribution in [2.75, 3.05) is 6.54 Å². The van der Waals surface area contributed by atoms with Crippen LogP contribution in [0.25, 0.3) is 0 Å². The number of phenolic OH excluding ortho intramolecular Hbond substituents is 1. The number of aromatic hydroxyl groups is 1. The molecule has 2 unspecified atom stereocenters. The molecule has 0 aliphatic carbocycles. The van der Waals surface area contributed by atoms with Crippen LogP contribution in [0, 0.1) is 0 Å². The van der Waals surface area contributed by atoms with Crippen LogP contribution in [0.2, 0.25) is 0 Å². The zero-order valence-electron chi connectivity index (χ0n) is 13.6. The van der Waals surface area contributed by atoms with Gasteiger partial charge in [-0.1, -0.05) is 42.5 Å². The Hall–Kier alpha value is -2.33. The maximum Gasteiger partial charge on any atom is 0.227 e. The van der Waals surface area contributed by atoms with E-state index in [1.165, 1.54) is 0 Å². The first kappa shape index (κ1) is 16.5. The molecule has 0 spiro atoms. The molecule has 2 aromatic carbocycles. The van der Waals surface area contributed by atoms with Crippen molar-refractivity contribution in [1.82, 2.24) is 4.90 Å². The van der Waals surface area contributed by atoms with Crippen LogP contribution in [0.1, 0.15) is 36.5 Å². The molecule has 1 fully saturated rings. The van der Waals surface area contributed by atoms with Crippen molar-refractivity contribution in [2.24, 2.45) is 0 Å². The molecule has 2 N–H and O–H groups in total. The molecule has 24 heavy (non-hydrogen) atoms. The van der Waals surface area contributed by atoms with E-state index < -0.39 is 6.10 Å². The van der Waals surface area contributed by atoms with E-state index in [1.54, 1.807) is 18.2 Å². The van der Waals surface area contributed by atoms with Gasteiger partial charge in [0.25, 0.3) is 0 Å². The fraction of sp³-hybridized carbons (Fsp3) is 0.350. The van der Waals surface area contributed by atoms with Crippen molar-refractivity contribution in [2.45, 2.75) is 37.8 Å². The standard InChI is InChI=1S/C20H23NO3/c22-17-10-6-7-15(13-17)14-19(23)21-12-5-4-11-18(21)20(24)16-8-2-1-3-9-16/h1-3,6-10,13,18,20,22,24H,4-5,11-12,14H2. The van der Waals surface area contributed by atoms with E-state index in [0.29, 0.717) is 6.54 Å². The van der Waals surface area contributed by atoms with E-state index in [2.05, 4.69) is 0 Å². The average Bonchev–Trinajstić information content (AvgIpc) is 2.62. The molecule has 2 aromatic rings. The van der Waals surface area contributed by atoms with E-state index in [0.717, 1.165) is 30.4 Å². The molecule has 1 amide bonds. The van der Waals surface area contributed by atoms with Gasteiger partial charge in [0.15, 0.2) is 0 Å². The Morgan fingerprint density at radius 3 is 2.67 bits per heavy atom. The molecule has 1 saturated heterocycles. The first-order chi connectivity index (χ1) is 11.6. The van der Waals surface area contributed by atoms with Gasteiger partial charge in [-0.2, -0.15) is 0 Å². The van der Waals surface area contributed by atoms with Crippen molar-refractivity contribution in [1.29, 1.82) is 0 Å². The summed E-state index contributed by atoms with van der Waals surface area (Å²) in [6.07, 6.45) is 2.36. The summed E-state index contributed by atoms with van der Waals surface area (Å²) in [5.41, 5.74) is 1.64. The van der Waals surface area contributed by atoms with Gasteiger partial charge in [0.05, 0.1) is 18.6 Å². The minimum Gasteiger partial charge on any atom is -0.508 e. The van der Waals surface area contributed by atoms with E-state index in [4.69, 9.17) is 0 Å². The average molecular weight is 325 g/mol. The third kappa shape index (κ3) is 3.77. The number of likely N-dealkylation sites (tertiary alicyclic amines) is 1. The molecular formula is C20H23NO3. The van der Waals surface area contributed by atoms with Crippen molar-refractivity contribution in [3.05, 3.63) is 65.7 Å². The predicted molar refractivity (Wildman–Crippen MR) is 92.6 cm³/mol. The summed E-state index contributed by atoms with van der Waals surface area (Å²) in [7, 11) is 0. The number of piperidine rings is 1. The topological polar surface area (TPSA) is 60.8 Å². The lowest BCUT2D eigenvalue weighted by Gasteiger charge is -2.38. The zero-order valence-corrected chi connectivity index (χ0v) is 13.6. The summed E-state index contributed by atoms with van der Waals surface area (Å²) in [4.78, 5) is 14.6. The summed E-state index contributed by atoms with van der Waals surface area (Å²) in [6, 6.07) is 16.1. The Morgan fingerprint density at radius 2 is 1.92 bits per heavy atom. The van der Waals surface area contributed by atoms with Crippen LogP contribution < -0.4 is 0 Å².